The fourth-order valence-corrected chi connectivity index (χ4v) is 2.13. The zero-order valence-electron chi connectivity index (χ0n) is 11.4. The van der Waals surface area contributed by atoms with Crippen LogP contribution in [0.2, 0.25) is 0 Å². The van der Waals surface area contributed by atoms with Crippen LogP contribution in [-0.4, -0.2) is 16.9 Å². The summed E-state index contributed by atoms with van der Waals surface area (Å²) in [5, 5.41) is 9.05. The van der Waals surface area contributed by atoms with Gasteiger partial charge in [0.15, 0.2) is 17.4 Å². The van der Waals surface area contributed by atoms with E-state index in [0.29, 0.717) is 17.7 Å². The number of carbonyl (C=O) groups excluding carboxylic acids is 1. The van der Waals surface area contributed by atoms with E-state index >= 15 is 0 Å². The molecule has 0 aliphatic heterocycles. The molecule has 0 bridgehead atoms. The largest absolute Gasteiger partial charge is 0.478 e. The van der Waals surface area contributed by atoms with Crippen LogP contribution in [-0.2, 0) is 0 Å². The maximum atomic E-state index is 13.3. The normalized spacial score (nSPS) is 10.5. The molecule has 2 rings (SSSR count). The summed E-state index contributed by atoms with van der Waals surface area (Å²) in [5.41, 5.74) is 0.912. The Balaban J connectivity index is 2.62. The van der Waals surface area contributed by atoms with E-state index in [1.54, 1.807) is 25.1 Å². The van der Waals surface area contributed by atoms with E-state index < -0.39 is 29.0 Å². The van der Waals surface area contributed by atoms with Gasteiger partial charge in [-0.2, -0.15) is 0 Å². The predicted octanol–water partition coefficient (Wildman–Crippen LogP) is 3.51. The SMILES string of the molecule is Cc1ccc(C(=O)c2cc(F)c(F)cc2C(=O)O)c(C)c1. The van der Waals surface area contributed by atoms with E-state index in [0.717, 1.165) is 5.56 Å². The van der Waals surface area contributed by atoms with Gasteiger partial charge in [-0.05, 0) is 31.5 Å². The third-order valence-electron chi connectivity index (χ3n) is 3.16. The van der Waals surface area contributed by atoms with Gasteiger partial charge in [-0.3, -0.25) is 4.79 Å². The first-order valence-electron chi connectivity index (χ1n) is 6.15. The van der Waals surface area contributed by atoms with Crippen LogP contribution >= 0.6 is 0 Å². The molecule has 5 heteroatoms. The van der Waals surface area contributed by atoms with Crippen LogP contribution in [0, 0.1) is 25.5 Å². The molecule has 0 aromatic heterocycles. The molecule has 0 aliphatic carbocycles. The van der Waals surface area contributed by atoms with Gasteiger partial charge in [-0.15, -0.1) is 0 Å². The number of hydrogen-bond acceptors (Lipinski definition) is 2. The Morgan fingerprint density at radius 3 is 2.00 bits per heavy atom. The van der Waals surface area contributed by atoms with Crippen molar-refractivity contribution in [3.05, 3.63) is 69.8 Å². The smallest absolute Gasteiger partial charge is 0.336 e. The number of carboxylic acids is 1. The van der Waals surface area contributed by atoms with E-state index in [4.69, 9.17) is 5.11 Å². The topological polar surface area (TPSA) is 54.4 Å². The number of carbonyl (C=O) groups is 2. The maximum Gasteiger partial charge on any atom is 0.336 e. The average Bonchev–Trinajstić information content (AvgIpc) is 2.40. The average molecular weight is 290 g/mol. The summed E-state index contributed by atoms with van der Waals surface area (Å²) in [4.78, 5) is 23.5. The molecular formula is C16H12F2O3. The van der Waals surface area contributed by atoms with Crippen molar-refractivity contribution in [2.45, 2.75) is 13.8 Å². The highest BCUT2D eigenvalue weighted by Gasteiger charge is 2.22. The van der Waals surface area contributed by atoms with Crippen molar-refractivity contribution < 1.29 is 23.5 Å². The van der Waals surface area contributed by atoms with E-state index in [2.05, 4.69) is 0 Å². The highest BCUT2D eigenvalue weighted by atomic mass is 19.2. The zero-order valence-corrected chi connectivity index (χ0v) is 11.4. The monoisotopic (exact) mass is 290 g/mol. The summed E-state index contributed by atoms with van der Waals surface area (Å²) in [6.45, 7) is 3.54. The Morgan fingerprint density at radius 1 is 0.905 bits per heavy atom. The Labute approximate surface area is 119 Å². The van der Waals surface area contributed by atoms with E-state index in [-0.39, 0.29) is 11.1 Å². The van der Waals surface area contributed by atoms with Gasteiger partial charge in [0.2, 0.25) is 0 Å². The van der Waals surface area contributed by atoms with Crippen LogP contribution < -0.4 is 0 Å². The van der Waals surface area contributed by atoms with Crippen LogP contribution in [0.4, 0.5) is 8.78 Å². The standard InChI is InChI=1S/C16H12F2O3/c1-8-3-4-10(9(2)5-8)15(19)11-6-13(17)14(18)7-12(11)16(20)21/h3-7H,1-2H3,(H,20,21). The molecule has 1 N–H and O–H groups in total. The second-order valence-electron chi connectivity index (χ2n) is 4.76. The molecule has 0 amide bonds. The Hall–Kier alpha value is -2.56. The number of benzene rings is 2. The number of aryl methyl sites for hydroxylation is 2. The van der Waals surface area contributed by atoms with Crippen molar-refractivity contribution in [3.8, 4) is 0 Å². The summed E-state index contributed by atoms with van der Waals surface area (Å²) in [6.07, 6.45) is 0. The number of hydrogen-bond donors (Lipinski definition) is 1. The number of aromatic carboxylic acids is 1. The molecule has 108 valence electrons. The highest BCUT2D eigenvalue weighted by molar-refractivity contribution is 6.14. The lowest BCUT2D eigenvalue weighted by Gasteiger charge is -2.09. The van der Waals surface area contributed by atoms with Gasteiger partial charge in [0.1, 0.15) is 0 Å². The predicted molar refractivity (Wildman–Crippen MR) is 72.7 cm³/mol. The van der Waals surface area contributed by atoms with Crippen molar-refractivity contribution in [1.29, 1.82) is 0 Å². The minimum Gasteiger partial charge on any atom is -0.478 e. The van der Waals surface area contributed by atoms with Gasteiger partial charge in [0, 0.05) is 11.1 Å². The molecule has 0 radical (unpaired) electrons. The van der Waals surface area contributed by atoms with Crippen LogP contribution in [0.25, 0.3) is 0 Å². The fraction of sp³-hybridized carbons (Fsp3) is 0.125. The Morgan fingerprint density at radius 2 is 1.48 bits per heavy atom. The summed E-state index contributed by atoms with van der Waals surface area (Å²) in [7, 11) is 0. The molecule has 0 saturated carbocycles. The van der Waals surface area contributed by atoms with Crippen LogP contribution in [0.5, 0.6) is 0 Å². The van der Waals surface area contributed by atoms with Crippen molar-refractivity contribution >= 4 is 11.8 Å². The molecule has 3 nitrogen and oxygen atoms in total. The van der Waals surface area contributed by atoms with Crippen molar-refractivity contribution in [2.75, 3.05) is 0 Å². The molecule has 0 atom stereocenters. The van der Waals surface area contributed by atoms with E-state index in [9.17, 15) is 18.4 Å². The second-order valence-corrected chi connectivity index (χ2v) is 4.76. The molecule has 0 spiro atoms. The molecule has 0 unspecified atom stereocenters. The molecule has 0 saturated heterocycles. The molecule has 21 heavy (non-hydrogen) atoms. The van der Waals surface area contributed by atoms with Gasteiger partial charge in [0.05, 0.1) is 5.56 Å². The second kappa shape index (κ2) is 5.44. The fourth-order valence-electron chi connectivity index (χ4n) is 2.13. The van der Waals surface area contributed by atoms with Crippen molar-refractivity contribution in [3.63, 3.8) is 0 Å². The van der Waals surface area contributed by atoms with Gasteiger partial charge in [-0.1, -0.05) is 23.8 Å². The van der Waals surface area contributed by atoms with Crippen LogP contribution in [0.1, 0.15) is 37.4 Å². The van der Waals surface area contributed by atoms with Crippen LogP contribution in [0.15, 0.2) is 30.3 Å². The molecule has 0 aliphatic rings. The maximum absolute atomic E-state index is 13.3. The van der Waals surface area contributed by atoms with Crippen molar-refractivity contribution in [2.24, 2.45) is 0 Å². The molecule has 2 aromatic rings. The van der Waals surface area contributed by atoms with Gasteiger partial charge >= 0.3 is 5.97 Å². The number of halogens is 2. The van der Waals surface area contributed by atoms with Crippen LogP contribution in [0.3, 0.4) is 0 Å². The molecular weight excluding hydrogens is 278 g/mol. The lowest BCUT2D eigenvalue weighted by Crippen LogP contribution is -2.12. The first kappa shape index (κ1) is 14.8. The first-order chi connectivity index (χ1) is 9.81. The summed E-state index contributed by atoms with van der Waals surface area (Å²) >= 11 is 0. The van der Waals surface area contributed by atoms with E-state index in [1.807, 2.05) is 6.92 Å². The molecule has 0 heterocycles. The quantitative estimate of drug-likeness (QED) is 0.880. The number of carboxylic acid groups (broad SMARTS) is 1. The van der Waals surface area contributed by atoms with Gasteiger partial charge in [0.25, 0.3) is 0 Å². The Bertz CT molecular complexity index is 751. The first-order valence-corrected chi connectivity index (χ1v) is 6.15. The summed E-state index contributed by atoms with van der Waals surface area (Å²) in [6, 6.07) is 6.14. The zero-order chi connectivity index (χ0) is 15.7. The third kappa shape index (κ3) is 2.81. The van der Waals surface area contributed by atoms with Crippen molar-refractivity contribution in [1.82, 2.24) is 0 Å². The minimum atomic E-state index is -1.48. The minimum absolute atomic E-state index is 0.258. The lowest BCUT2D eigenvalue weighted by molar-refractivity contribution is 0.0692. The summed E-state index contributed by atoms with van der Waals surface area (Å²) < 4.78 is 26.5. The lowest BCUT2D eigenvalue weighted by atomic mass is 9.94. The third-order valence-corrected chi connectivity index (χ3v) is 3.16. The number of rotatable bonds is 3. The highest BCUT2D eigenvalue weighted by Crippen LogP contribution is 2.21. The Kier molecular flexibility index (Phi) is 3.84. The van der Waals surface area contributed by atoms with E-state index in [1.165, 1.54) is 0 Å². The van der Waals surface area contributed by atoms with Gasteiger partial charge in [-0.25, -0.2) is 13.6 Å². The summed E-state index contributed by atoms with van der Waals surface area (Å²) in [5.74, 6) is -4.69. The molecule has 0 fully saturated rings. The molecule has 2 aromatic carbocycles. The number of ketones is 1. The van der Waals surface area contributed by atoms with Gasteiger partial charge < -0.3 is 5.11 Å².